The average molecular weight is 386 g/mol. The monoisotopic (exact) mass is 386 g/mol. The van der Waals surface area contributed by atoms with E-state index in [1.54, 1.807) is 11.8 Å². The van der Waals surface area contributed by atoms with Crippen LogP contribution < -0.4 is 0 Å². The quantitative estimate of drug-likeness (QED) is 0.802. The second kappa shape index (κ2) is 8.19. The molecule has 1 amide bonds. The van der Waals surface area contributed by atoms with Crippen molar-refractivity contribution in [3.05, 3.63) is 30.0 Å². The number of fused-ring (bicyclic) bond motifs is 1. The fraction of sp³-hybridized carbons (Fsp3) is 0.619. The van der Waals surface area contributed by atoms with Crippen LogP contribution in [0.4, 0.5) is 0 Å². The maximum Gasteiger partial charge on any atom is 0.275 e. The highest BCUT2D eigenvalue weighted by Gasteiger charge is 2.40. The number of likely N-dealkylation sites (tertiary alicyclic amines) is 1. The second-order valence-electron chi connectivity index (χ2n) is 8.14. The Bertz CT molecular complexity index is 836. The number of methoxy groups -OCH3 is 1. The molecule has 1 aromatic heterocycles. The topological polar surface area (TPSA) is 59.8 Å². The number of amides is 1. The molecule has 0 unspecified atom stereocenters. The number of carbonyl (C=O) groups is 1. The van der Waals surface area contributed by atoms with Crippen LogP contribution in [0.2, 0.25) is 0 Å². The van der Waals surface area contributed by atoms with E-state index in [-0.39, 0.29) is 11.3 Å². The van der Waals surface area contributed by atoms with Crippen LogP contribution in [-0.4, -0.2) is 85.1 Å². The van der Waals surface area contributed by atoms with E-state index in [0.717, 1.165) is 69.7 Å². The van der Waals surface area contributed by atoms with E-state index < -0.39 is 0 Å². The predicted octanol–water partition coefficient (Wildman–Crippen LogP) is 1.77. The lowest BCUT2D eigenvalue weighted by Crippen LogP contribution is -2.52. The molecule has 2 saturated heterocycles. The average Bonchev–Trinajstić information content (AvgIpc) is 2.93. The first-order chi connectivity index (χ1) is 13.6. The fourth-order valence-electron chi connectivity index (χ4n) is 4.64. The van der Waals surface area contributed by atoms with Crippen LogP contribution in [0.1, 0.15) is 23.3 Å². The Morgan fingerprint density at radius 1 is 1.29 bits per heavy atom. The Kier molecular flexibility index (Phi) is 5.66. The van der Waals surface area contributed by atoms with Gasteiger partial charge in [0.15, 0.2) is 5.69 Å². The summed E-state index contributed by atoms with van der Waals surface area (Å²) < 4.78 is 13.0. The molecule has 2 fully saturated rings. The molecule has 7 nitrogen and oxygen atoms in total. The van der Waals surface area contributed by atoms with Crippen molar-refractivity contribution < 1.29 is 14.3 Å². The van der Waals surface area contributed by atoms with Crippen molar-refractivity contribution in [3.63, 3.8) is 0 Å². The van der Waals surface area contributed by atoms with Gasteiger partial charge in [-0.25, -0.2) is 0 Å². The maximum atomic E-state index is 13.4. The second-order valence-corrected chi connectivity index (χ2v) is 8.14. The number of hydrogen-bond acceptors (Lipinski definition) is 5. The van der Waals surface area contributed by atoms with Gasteiger partial charge >= 0.3 is 0 Å². The number of aryl methyl sites for hydroxylation is 1. The summed E-state index contributed by atoms with van der Waals surface area (Å²) in [7, 11) is 3.63. The van der Waals surface area contributed by atoms with E-state index >= 15 is 0 Å². The summed E-state index contributed by atoms with van der Waals surface area (Å²) in [6.45, 7) is 6.45. The lowest BCUT2D eigenvalue weighted by atomic mass is 9.80. The summed E-state index contributed by atoms with van der Waals surface area (Å²) in [6, 6.07) is 7.93. The molecular weight excluding hydrogens is 356 g/mol. The zero-order chi connectivity index (χ0) is 19.6. The van der Waals surface area contributed by atoms with Gasteiger partial charge in [0.1, 0.15) is 0 Å². The van der Waals surface area contributed by atoms with Gasteiger partial charge in [0.25, 0.3) is 5.91 Å². The van der Waals surface area contributed by atoms with Gasteiger partial charge in [-0.3, -0.25) is 14.4 Å². The SMILES string of the molecule is COCCN1CCOC[C@]2(CCCN(C(=O)c3nn(C)c4ccccc34)C2)C1. The van der Waals surface area contributed by atoms with E-state index in [1.807, 2.05) is 36.2 Å². The van der Waals surface area contributed by atoms with Gasteiger partial charge in [0, 0.05) is 57.7 Å². The molecule has 0 bridgehead atoms. The minimum absolute atomic E-state index is 0.0112. The third-order valence-corrected chi connectivity index (χ3v) is 6.04. The van der Waals surface area contributed by atoms with Crippen LogP contribution >= 0.6 is 0 Å². The molecule has 4 rings (SSSR count). The van der Waals surface area contributed by atoms with Gasteiger partial charge in [-0.15, -0.1) is 0 Å². The van der Waals surface area contributed by atoms with Crippen LogP contribution in [-0.2, 0) is 16.5 Å². The van der Waals surface area contributed by atoms with Gasteiger partial charge in [-0.2, -0.15) is 5.10 Å². The largest absolute Gasteiger partial charge is 0.383 e. The molecule has 1 spiro atoms. The Hall–Kier alpha value is -1.96. The van der Waals surface area contributed by atoms with Crippen molar-refractivity contribution in [3.8, 4) is 0 Å². The van der Waals surface area contributed by atoms with Crippen LogP contribution in [0.5, 0.6) is 0 Å². The third-order valence-electron chi connectivity index (χ3n) is 6.04. The molecule has 0 saturated carbocycles. The van der Waals surface area contributed by atoms with Crippen LogP contribution in [0, 0.1) is 5.41 Å². The number of rotatable bonds is 4. The molecule has 2 aliphatic heterocycles. The Balaban J connectivity index is 1.54. The summed E-state index contributed by atoms with van der Waals surface area (Å²) in [4.78, 5) is 17.8. The van der Waals surface area contributed by atoms with Crippen LogP contribution in [0.15, 0.2) is 24.3 Å². The maximum absolute atomic E-state index is 13.4. The summed E-state index contributed by atoms with van der Waals surface area (Å²) in [6.07, 6.45) is 2.08. The van der Waals surface area contributed by atoms with E-state index in [1.165, 1.54) is 0 Å². The van der Waals surface area contributed by atoms with Crippen LogP contribution in [0.3, 0.4) is 0 Å². The molecule has 1 aromatic carbocycles. The molecule has 0 radical (unpaired) electrons. The van der Waals surface area contributed by atoms with Crippen molar-refractivity contribution >= 4 is 16.8 Å². The fourth-order valence-corrected chi connectivity index (χ4v) is 4.64. The van der Waals surface area contributed by atoms with Crippen molar-refractivity contribution in [2.45, 2.75) is 12.8 Å². The first kappa shape index (κ1) is 19.4. The first-order valence-corrected chi connectivity index (χ1v) is 10.1. The summed E-state index contributed by atoms with van der Waals surface area (Å²) in [5, 5.41) is 5.46. The minimum atomic E-state index is -0.0112. The Morgan fingerprint density at radius 2 is 2.14 bits per heavy atom. The molecule has 7 heteroatoms. The van der Waals surface area contributed by atoms with Gasteiger partial charge in [-0.1, -0.05) is 18.2 Å². The van der Waals surface area contributed by atoms with Gasteiger partial charge in [0.2, 0.25) is 0 Å². The van der Waals surface area contributed by atoms with E-state index in [4.69, 9.17) is 9.47 Å². The molecular formula is C21H30N4O3. The molecule has 2 aromatic rings. The van der Waals surface area contributed by atoms with Crippen molar-refractivity contribution in [2.24, 2.45) is 12.5 Å². The molecule has 152 valence electrons. The number of hydrogen-bond donors (Lipinski definition) is 0. The van der Waals surface area contributed by atoms with E-state index in [2.05, 4.69) is 10.00 Å². The molecule has 0 aliphatic carbocycles. The summed E-state index contributed by atoms with van der Waals surface area (Å²) in [5.41, 5.74) is 1.53. The number of benzene rings is 1. The molecule has 28 heavy (non-hydrogen) atoms. The van der Waals surface area contributed by atoms with Gasteiger partial charge < -0.3 is 14.4 Å². The highest BCUT2D eigenvalue weighted by Crippen LogP contribution is 2.34. The lowest BCUT2D eigenvalue weighted by Gasteiger charge is -2.43. The predicted molar refractivity (Wildman–Crippen MR) is 107 cm³/mol. The smallest absolute Gasteiger partial charge is 0.275 e. The van der Waals surface area contributed by atoms with E-state index in [9.17, 15) is 4.79 Å². The Morgan fingerprint density at radius 3 is 3.00 bits per heavy atom. The number of ether oxygens (including phenoxy) is 2. The molecule has 3 heterocycles. The van der Waals surface area contributed by atoms with Crippen molar-refractivity contribution in [1.29, 1.82) is 0 Å². The summed E-state index contributed by atoms with van der Waals surface area (Å²) in [5.74, 6) is 0.0311. The lowest BCUT2D eigenvalue weighted by molar-refractivity contribution is 0.00602. The number of carbonyl (C=O) groups excluding carboxylic acids is 1. The highest BCUT2D eigenvalue weighted by atomic mass is 16.5. The van der Waals surface area contributed by atoms with Gasteiger partial charge in [0.05, 0.1) is 25.3 Å². The molecule has 0 N–H and O–H groups in total. The number of piperidine rings is 1. The van der Waals surface area contributed by atoms with Crippen molar-refractivity contribution in [1.82, 2.24) is 19.6 Å². The molecule has 1 atom stereocenters. The standard InChI is InChI=1S/C21H30N4O3/c1-23-18-7-4-3-6-17(18)19(22-23)20(26)25-9-5-8-21(15-25)14-24(10-12-27-2)11-13-28-16-21/h3-4,6-7H,5,8-16H2,1-2H3/t21-/m1/s1. The number of nitrogens with zero attached hydrogens (tertiary/aromatic N) is 4. The number of para-hydroxylation sites is 1. The van der Waals surface area contributed by atoms with Crippen LogP contribution in [0.25, 0.3) is 10.9 Å². The van der Waals surface area contributed by atoms with Crippen molar-refractivity contribution in [2.75, 3.05) is 59.7 Å². The minimum Gasteiger partial charge on any atom is -0.383 e. The van der Waals surface area contributed by atoms with Gasteiger partial charge in [-0.05, 0) is 18.9 Å². The highest BCUT2D eigenvalue weighted by molar-refractivity contribution is 6.04. The number of aromatic nitrogens is 2. The molecule has 2 aliphatic rings. The third kappa shape index (κ3) is 3.79. The zero-order valence-corrected chi connectivity index (χ0v) is 16.9. The van der Waals surface area contributed by atoms with E-state index in [0.29, 0.717) is 12.3 Å². The zero-order valence-electron chi connectivity index (χ0n) is 16.9. The summed E-state index contributed by atoms with van der Waals surface area (Å²) >= 11 is 0. The first-order valence-electron chi connectivity index (χ1n) is 10.1. The normalized spacial score (nSPS) is 24.0. The Labute approximate surface area is 166 Å².